The number of hydrogen-bond acceptors (Lipinski definition) is 4. The zero-order valence-electron chi connectivity index (χ0n) is 13.8. The molecule has 0 bridgehead atoms. The highest BCUT2D eigenvalue weighted by Crippen LogP contribution is 2.19. The van der Waals surface area contributed by atoms with Crippen LogP contribution in [-0.4, -0.2) is 16.5 Å². The van der Waals surface area contributed by atoms with Gasteiger partial charge in [-0.05, 0) is 37.1 Å². The van der Waals surface area contributed by atoms with Gasteiger partial charge in [-0.15, -0.1) is 0 Å². The number of aromatic nitrogens is 2. The first-order chi connectivity index (χ1) is 12.1. The van der Waals surface area contributed by atoms with E-state index in [2.05, 4.69) is 20.6 Å². The summed E-state index contributed by atoms with van der Waals surface area (Å²) in [4.78, 5) is 8.63. The van der Waals surface area contributed by atoms with Gasteiger partial charge in [-0.1, -0.05) is 30.3 Å². The predicted octanol–water partition coefficient (Wildman–Crippen LogP) is 4.46. The molecule has 25 heavy (non-hydrogen) atoms. The third-order valence-corrected chi connectivity index (χ3v) is 3.63. The van der Waals surface area contributed by atoms with Crippen molar-refractivity contribution in [2.75, 3.05) is 17.2 Å². The quantitative estimate of drug-likeness (QED) is 0.695. The van der Waals surface area contributed by atoms with Gasteiger partial charge in [0.05, 0.1) is 5.69 Å². The molecule has 0 aliphatic carbocycles. The van der Waals surface area contributed by atoms with Crippen LogP contribution in [0, 0.1) is 18.6 Å². The smallest absolute Gasteiger partial charge is 0.224 e. The number of halogens is 2. The number of benzene rings is 2. The molecule has 4 nitrogen and oxygen atoms in total. The third-order valence-electron chi connectivity index (χ3n) is 3.63. The van der Waals surface area contributed by atoms with Crippen LogP contribution in [0.2, 0.25) is 0 Å². The topological polar surface area (TPSA) is 49.8 Å². The van der Waals surface area contributed by atoms with E-state index in [1.807, 2.05) is 6.92 Å². The molecule has 0 fully saturated rings. The van der Waals surface area contributed by atoms with E-state index in [-0.39, 0.29) is 11.6 Å². The summed E-state index contributed by atoms with van der Waals surface area (Å²) in [6.07, 6.45) is 0.514. The molecule has 6 heteroatoms. The van der Waals surface area contributed by atoms with Gasteiger partial charge < -0.3 is 10.6 Å². The van der Waals surface area contributed by atoms with Gasteiger partial charge in [-0.3, -0.25) is 0 Å². The molecular weight excluding hydrogens is 322 g/mol. The first-order valence-electron chi connectivity index (χ1n) is 7.96. The first-order valence-corrected chi connectivity index (χ1v) is 7.96. The van der Waals surface area contributed by atoms with E-state index in [4.69, 9.17) is 0 Å². The molecule has 0 radical (unpaired) electrons. The van der Waals surface area contributed by atoms with E-state index < -0.39 is 0 Å². The SMILES string of the molecule is Cc1cc(Nc2ccccc2F)nc(NCCc2ccccc2F)n1. The van der Waals surface area contributed by atoms with Gasteiger partial charge in [0.2, 0.25) is 5.95 Å². The molecule has 128 valence electrons. The number of hydrogen-bond donors (Lipinski definition) is 2. The monoisotopic (exact) mass is 340 g/mol. The van der Waals surface area contributed by atoms with Crippen LogP contribution < -0.4 is 10.6 Å². The Kier molecular flexibility index (Phi) is 5.18. The fourth-order valence-electron chi connectivity index (χ4n) is 2.42. The Bertz CT molecular complexity index is 868. The number of anilines is 3. The molecule has 1 aromatic heterocycles. The third kappa shape index (κ3) is 4.50. The zero-order valence-corrected chi connectivity index (χ0v) is 13.8. The number of nitrogens with zero attached hydrogens (tertiary/aromatic N) is 2. The molecule has 0 unspecified atom stereocenters. The van der Waals surface area contributed by atoms with Crippen molar-refractivity contribution in [3.63, 3.8) is 0 Å². The van der Waals surface area contributed by atoms with Gasteiger partial charge in [0.1, 0.15) is 17.5 Å². The lowest BCUT2D eigenvalue weighted by Gasteiger charge is -2.10. The summed E-state index contributed by atoms with van der Waals surface area (Å²) in [5, 5.41) is 6.02. The van der Waals surface area contributed by atoms with Gasteiger partial charge in [0.15, 0.2) is 0 Å². The molecule has 0 spiro atoms. The lowest BCUT2D eigenvalue weighted by Crippen LogP contribution is -2.10. The molecule has 0 atom stereocenters. The van der Waals surface area contributed by atoms with Crippen molar-refractivity contribution >= 4 is 17.5 Å². The van der Waals surface area contributed by atoms with Crippen LogP contribution in [0.15, 0.2) is 54.6 Å². The molecule has 0 aliphatic rings. The van der Waals surface area contributed by atoms with E-state index in [1.54, 1.807) is 42.5 Å². The van der Waals surface area contributed by atoms with Crippen molar-refractivity contribution in [2.24, 2.45) is 0 Å². The van der Waals surface area contributed by atoms with Gasteiger partial charge in [-0.25, -0.2) is 13.8 Å². The Balaban J connectivity index is 1.67. The largest absolute Gasteiger partial charge is 0.354 e. The summed E-state index contributed by atoms with van der Waals surface area (Å²) in [5.41, 5.74) is 1.72. The average Bonchev–Trinajstić information content (AvgIpc) is 2.58. The van der Waals surface area contributed by atoms with Crippen LogP contribution in [0.1, 0.15) is 11.3 Å². The van der Waals surface area contributed by atoms with Crippen molar-refractivity contribution in [3.05, 3.63) is 77.5 Å². The lowest BCUT2D eigenvalue weighted by atomic mass is 10.1. The molecular formula is C19H18F2N4. The lowest BCUT2D eigenvalue weighted by molar-refractivity contribution is 0.610. The Labute approximate surface area is 145 Å². The van der Waals surface area contributed by atoms with Crippen LogP contribution in [0.25, 0.3) is 0 Å². The molecule has 0 aliphatic heterocycles. The number of aryl methyl sites for hydroxylation is 1. The maximum atomic E-state index is 13.7. The van der Waals surface area contributed by atoms with Crippen LogP contribution >= 0.6 is 0 Å². The average molecular weight is 340 g/mol. The maximum absolute atomic E-state index is 13.7. The Morgan fingerprint density at radius 1 is 0.920 bits per heavy atom. The summed E-state index contributed by atoms with van der Waals surface area (Å²) in [5.74, 6) is 0.324. The second-order valence-corrected chi connectivity index (χ2v) is 5.59. The molecule has 2 aromatic carbocycles. The summed E-state index contributed by atoms with van der Waals surface area (Å²) in [7, 11) is 0. The fourth-order valence-corrected chi connectivity index (χ4v) is 2.42. The molecule has 2 N–H and O–H groups in total. The minimum Gasteiger partial charge on any atom is -0.354 e. The Hall–Kier alpha value is -3.02. The first kappa shape index (κ1) is 16.8. The van der Waals surface area contributed by atoms with Crippen molar-refractivity contribution in [1.29, 1.82) is 0 Å². The molecule has 0 saturated heterocycles. The van der Waals surface area contributed by atoms with E-state index in [9.17, 15) is 8.78 Å². The molecule has 1 heterocycles. The highest BCUT2D eigenvalue weighted by Gasteiger charge is 2.06. The van der Waals surface area contributed by atoms with Gasteiger partial charge in [0.25, 0.3) is 0 Å². The van der Waals surface area contributed by atoms with Crippen LogP contribution in [0.4, 0.5) is 26.2 Å². The van der Waals surface area contributed by atoms with Crippen molar-refractivity contribution in [3.8, 4) is 0 Å². The summed E-state index contributed by atoms with van der Waals surface area (Å²) < 4.78 is 27.4. The van der Waals surface area contributed by atoms with Crippen molar-refractivity contribution < 1.29 is 8.78 Å². The number of rotatable bonds is 6. The predicted molar refractivity (Wildman–Crippen MR) is 95.0 cm³/mol. The Morgan fingerprint density at radius 3 is 2.40 bits per heavy atom. The molecule has 3 aromatic rings. The molecule has 3 rings (SSSR count). The zero-order chi connectivity index (χ0) is 17.6. The fraction of sp³-hybridized carbons (Fsp3) is 0.158. The Morgan fingerprint density at radius 2 is 1.64 bits per heavy atom. The minimum absolute atomic E-state index is 0.226. The standard InChI is InChI=1S/C19H18F2N4/c1-13-12-18(24-17-9-5-4-8-16(17)21)25-19(23-13)22-11-10-14-6-2-3-7-15(14)20/h2-9,12H,10-11H2,1H3,(H2,22,23,24,25). The van der Waals surface area contributed by atoms with E-state index in [0.29, 0.717) is 36.0 Å². The van der Waals surface area contributed by atoms with Gasteiger partial charge >= 0.3 is 0 Å². The summed E-state index contributed by atoms with van der Waals surface area (Å²) >= 11 is 0. The van der Waals surface area contributed by atoms with E-state index in [1.165, 1.54) is 12.1 Å². The molecule has 0 amide bonds. The van der Waals surface area contributed by atoms with Crippen LogP contribution in [0.3, 0.4) is 0 Å². The summed E-state index contributed by atoms with van der Waals surface area (Å²) in [6, 6.07) is 14.8. The number of nitrogens with one attached hydrogen (secondary N) is 2. The minimum atomic E-state index is -0.354. The van der Waals surface area contributed by atoms with Crippen LogP contribution in [0.5, 0.6) is 0 Å². The van der Waals surface area contributed by atoms with Crippen LogP contribution in [-0.2, 0) is 6.42 Å². The number of para-hydroxylation sites is 1. The second-order valence-electron chi connectivity index (χ2n) is 5.59. The second kappa shape index (κ2) is 7.70. The van der Waals surface area contributed by atoms with E-state index >= 15 is 0 Å². The van der Waals surface area contributed by atoms with Gasteiger partial charge in [0, 0.05) is 18.3 Å². The normalized spacial score (nSPS) is 10.5. The highest BCUT2D eigenvalue weighted by molar-refractivity contribution is 5.58. The highest BCUT2D eigenvalue weighted by atomic mass is 19.1. The van der Waals surface area contributed by atoms with E-state index in [0.717, 1.165) is 5.69 Å². The van der Waals surface area contributed by atoms with Crippen molar-refractivity contribution in [2.45, 2.75) is 13.3 Å². The maximum Gasteiger partial charge on any atom is 0.224 e. The van der Waals surface area contributed by atoms with Crippen molar-refractivity contribution in [1.82, 2.24) is 9.97 Å². The molecule has 0 saturated carbocycles. The van der Waals surface area contributed by atoms with Gasteiger partial charge in [-0.2, -0.15) is 4.98 Å². The summed E-state index contributed by atoms with van der Waals surface area (Å²) in [6.45, 7) is 2.32.